The summed E-state index contributed by atoms with van der Waals surface area (Å²) in [5.74, 6) is -0.763. The monoisotopic (exact) mass is 293 g/mol. The predicted molar refractivity (Wildman–Crippen MR) is 75.3 cm³/mol. The summed E-state index contributed by atoms with van der Waals surface area (Å²) in [6.07, 6.45) is -0.472. The van der Waals surface area contributed by atoms with Crippen molar-refractivity contribution in [2.45, 2.75) is 25.9 Å². The number of aliphatic carboxylic acids is 1. The Bertz CT molecular complexity index is 543. The van der Waals surface area contributed by atoms with Crippen LogP contribution in [-0.2, 0) is 4.79 Å². The number of fused-ring (bicyclic) bond motifs is 1. The van der Waals surface area contributed by atoms with Gasteiger partial charge in [-0.2, -0.15) is 0 Å². The van der Waals surface area contributed by atoms with E-state index >= 15 is 0 Å². The number of aliphatic hydroxyl groups is 1. The molecule has 1 aliphatic rings. The molecule has 1 aromatic carbocycles. The molecule has 114 valence electrons. The maximum Gasteiger partial charge on any atom is 0.303 e. The lowest BCUT2D eigenvalue weighted by atomic mass is 9.94. The third-order valence-corrected chi connectivity index (χ3v) is 3.43. The SMILES string of the molecule is CC(CC(=O)O)CC(O)c1ccc2c(c1)C(=O)NCCO2. The van der Waals surface area contributed by atoms with Gasteiger partial charge in [-0.05, 0) is 30.0 Å². The summed E-state index contributed by atoms with van der Waals surface area (Å²) in [7, 11) is 0. The zero-order valence-electron chi connectivity index (χ0n) is 11.8. The summed E-state index contributed by atoms with van der Waals surface area (Å²) in [4.78, 5) is 22.5. The van der Waals surface area contributed by atoms with Gasteiger partial charge in [-0.15, -0.1) is 0 Å². The second kappa shape index (κ2) is 6.58. The van der Waals surface area contributed by atoms with Crippen LogP contribution >= 0.6 is 0 Å². The van der Waals surface area contributed by atoms with Gasteiger partial charge in [0.05, 0.1) is 18.2 Å². The molecule has 0 bridgehead atoms. The van der Waals surface area contributed by atoms with Crippen molar-refractivity contribution < 1.29 is 24.5 Å². The number of carbonyl (C=O) groups is 2. The maximum absolute atomic E-state index is 11.9. The van der Waals surface area contributed by atoms with Crippen molar-refractivity contribution in [1.82, 2.24) is 5.32 Å². The van der Waals surface area contributed by atoms with Gasteiger partial charge in [0.2, 0.25) is 0 Å². The number of benzene rings is 1. The first kappa shape index (κ1) is 15.3. The average molecular weight is 293 g/mol. The van der Waals surface area contributed by atoms with Gasteiger partial charge >= 0.3 is 5.97 Å². The second-order valence-electron chi connectivity index (χ2n) is 5.31. The van der Waals surface area contributed by atoms with Gasteiger partial charge in [0.25, 0.3) is 5.91 Å². The number of ether oxygens (including phenoxy) is 1. The van der Waals surface area contributed by atoms with Crippen LogP contribution in [-0.4, -0.2) is 35.2 Å². The number of carboxylic acid groups (broad SMARTS) is 1. The first-order valence-electron chi connectivity index (χ1n) is 6.92. The summed E-state index contributed by atoms with van der Waals surface area (Å²) in [5.41, 5.74) is 0.988. The second-order valence-corrected chi connectivity index (χ2v) is 5.31. The molecule has 3 N–H and O–H groups in total. The Morgan fingerprint density at radius 1 is 1.48 bits per heavy atom. The first-order chi connectivity index (χ1) is 9.97. The van der Waals surface area contributed by atoms with Gasteiger partial charge in [0, 0.05) is 6.42 Å². The molecular weight excluding hydrogens is 274 g/mol. The Morgan fingerprint density at radius 3 is 2.95 bits per heavy atom. The van der Waals surface area contributed by atoms with E-state index in [1.165, 1.54) is 0 Å². The number of carbonyl (C=O) groups excluding carboxylic acids is 1. The van der Waals surface area contributed by atoms with Crippen LogP contribution in [0.25, 0.3) is 0 Å². The third kappa shape index (κ3) is 3.95. The van der Waals surface area contributed by atoms with Crippen LogP contribution < -0.4 is 10.1 Å². The molecule has 1 amide bonds. The number of nitrogens with one attached hydrogen (secondary N) is 1. The lowest BCUT2D eigenvalue weighted by molar-refractivity contribution is -0.138. The summed E-state index contributed by atoms with van der Waals surface area (Å²) in [6.45, 7) is 2.63. The zero-order chi connectivity index (χ0) is 15.4. The van der Waals surface area contributed by atoms with E-state index in [9.17, 15) is 14.7 Å². The van der Waals surface area contributed by atoms with Crippen LogP contribution in [0.1, 0.15) is 41.8 Å². The average Bonchev–Trinajstić information content (AvgIpc) is 2.59. The van der Waals surface area contributed by atoms with Crippen LogP contribution in [0.3, 0.4) is 0 Å². The Balaban J connectivity index is 2.13. The first-order valence-corrected chi connectivity index (χ1v) is 6.92. The minimum absolute atomic E-state index is 0.00555. The fourth-order valence-electron chi connectivity index (χ4n) is 2.38. The smallest absolute Gasteiger partial charge is 0.303 e. The number of aliphatic hydroxyl groups excluding tert-OH is 1. The van der Waals surface area contributed by atoms with E-state index in [1.807, 2.05) is 0 Å². The molecule has 0 aliphatic carbocycles. The van der Waals surface area contributed by atoms with Crippen molar-refractivity contribution in [3.05, 3.63) is 29.3 Å². The summed E-state index contributed by atoms with van der Waals surface area (Å²) in [5, 5.41) is 21.6. The van der Waals surface area contributed by atoms with E-state index in [0.29, 0.717) is 36.4 Å². The molecule has 1 heterocycles. The van der Waals surface area contributed by atoms with Crippen LogP contribution in [0.15, 0.2) is 18.2 Å². The number of carboxylic acids is 1. The van der Waals surface area contributed by atoms with E-state index in [2.05, 4.69) is 5.32 Å². The summed E-state index contributed by atoms with van der Waals surface area (Å²) in [6, 6.07) is 4.98. The zero-order valence-corrected chi connectivity index (χ0v) is 11.8. The highest BCUT2D eigenvalue weighted by Gasteiger charge is 2.20. The topological polar surface area (TPSA) is 95.9 Å². The third-order valence-electron chi connectivity index (χ3n) is 3.43. The molecule has 21 heavy (non-hydrogen) atoms. The Labute approximate surface area is 122 Å². The summed E-state index contributed by atoms with van der Waals surface area (Å²) < 4.78 is 5.44. The van der Waals surface area contributed by atoms with Gasteiger partial charge in [0.1, 0.15) is 12.4 Å². The van der Waals surface area contributed by atoms with Crippen molar-refractivity contribution in [1.29, 1.82) is 0 Å². The fourth-order valence-corrected chi connectivity index (χ4v) is 2.38. The molecule has 0 saturated carbocycles. The minimum Gasteiger partial charge on any atom is -0.491 e. The van der Waals surface area contributed by atoms with Gasteiger partial charge in [0.15, 0.2) is 0 Å². The Morgan fingerprint density at radius 2 is 2.24 bits per heavy atom. The normalized spacial score (nSPS) is 17.0. The van der Waals surface area contributed by atoms with Crippen LogP contribution in [0.5, 0.6) is 5.75 Å². The van der Waals surface area contributed by atoms with Crippen LogP contribution in [0.2, 0.25) is 0 Å². The minimum atomic E-state index is -0.885. The van der Waals surface area contributed by atoms with Gasteiger partial charge in [-0.3, -0.25) is 9.59 Å². The fraction of sp³-hybridized carbons (Fsp3) is 0.467. The predicted octanol–water partition coefficient (Wildman–Crippen LogP) is 1.34. The lowest BCUT2D eigenvalue weighted by Crippen LogP contribution is -2.24. The van der Waals surface area contributed by atoms with E-state index in [4.69, 9.17) is 9.84 Å². The number of hydrogen-bond acceptors (Lipinski definition) is 4. The van der Waals surface area contributed by atoms with Gasteiger partial charge < -0.3 is 20.3 Å². The van der Waals surface area contributed by atoms with Crippen molar-refractivity contribution >= 4 is 11.9 Å². The molecule has 0 spiro atoms. The lowest BCUT2D eigenvalue weighted by Gasteiger charge is -2.16. The van der Waals surface area contributed by atoms with Crippen molar-refractivity contribution in [3.63, 3.8) is 0 Å². The molecule has 0 saturated heterocycles. The molecule has 0 aromatic heterocycles. The molecule has 1 aromatic rings. The molecule has 2 unspecified atom stereocenters. The highest BCUT2D eigenvalue weighted by molar-refractivity contribution is 5.97. The largest absolute Gasteiger partial charge is 0.491 e. The quantitative estimate of drug-likeness (QED) is 0.761. The molecular formula is C15H19NO5. The maximum atomic E-state index is 11.9. The van der Waals surface area contributed by atoms with E-state index < -0.39 is 12.1 Å². The van der Waals surface area contributed by atoms with E-state index in [1.54, 1.807) is 25.1 Å². The van der Waals surface area contributed by atoms with Gasteiger partial charge in [-0.1, -0.05) is 13.0 Å². The van der Waals surface area contributed by atoms with Gasteiger partial charge in [-0.25, -0.2) is 0 Å². The molecule has 0 radical (unpaired) electrons. The number of rotatable bonds is 5. The molecule has 1 aliphatic heterocycles. The number of hydrogen-bond donors (Lipinski definition) is 3. The Kier molecular flexibility index (Phi) is 4.80. The van der Waals surface area contributed by atoms with Crippen LogP contribution in [0.4, 0.5) is 0 Å². The van der Waals surface area contributed by atoms with Crippen molar-refractivity contribution in [3.8, 4) is 5.75 Å². The Hall–Kier alpha value is -2.08. The van der Waals surface area contributed by atoms with Crippen LogP contribution in [0, 0.1) is 5.92 Å². The molecule has 0 fully saturated rings. The van der Waals surface area contributed by atoms with Crippen molar-refractivity contribution in [2.24, 2.45) is 5.92 Å². The van der Waals surface area contributed by atoms with E-state index in [0.717, 1.165) is 0 Å². The van der Waals surface area contributed by atoms with Crippen molar-refractivity contribution in [2.75, 3.05) is 13.2 Å². The van der Waals surface area contributed by atoms with E-state index in [-0.39, 0.29) is 18.2 Å². The number of amides is 1. The standard InChI is InChI=1S/C15H19NO5/c1-9(7-14(18)19)6-12(17)10-2-3-13-11(8-10)15(20)16-4-5-21-13/h2-3,8-9,12,17H,4-7H2,1H3,(H,16,20)(H,18,19). The molecule has 2 rings (SSSR count). The highest BCUT2D eigenvalue weighted by atomic mass is 16.5. The molecule has 6 nitrogen and oxygen atoms in total. The summed E-state index contributed by atoms with van der Waals surface area (Å²) >= 11 is 0. The highest BCUT2D eigenvalue weighted by Crippen LogP contribution is 2.28. The molecule has 6 heteroatoms. The molecule has 2 atom stereocenters.